The summed E-state index contributed by atoms with van der Waals surface area (Å²) in [4.78, 5) is 22.0. The molecule has 18 heavy (non-hydrogen) atoms. The van der Waals surface area contributed by atoms with Gasteiger partial charge in [0.2, 0.25) is 5.91 Å². The number of benzene rings is 1. The molecule has 1 rings (SSSR count). The Kier molecular flexibility index (Phi) is 4.83. The molecule has 0 spiro atoms. The molecule has 0 aliphatic carbocycles. The minimum atomic E-state index is -0.445. The van der Waals surface area contributed by atoms with Gasteiger partial charge in [0.05, 0.1) is 16.2 Å². The number of hydrogen-bond acceptors (Lipinski definition) is 3. The Hall–Kier alpha value is -1.91. The van der Waals surface area contributed by atoms with E-state index in [0.29, 0.717) is 23.6 Å². The lowest BCUT2D eigenvalue weighted by Crippen LogP contribution is -2.13. The maximum absolute atomic E-state index is 11.7. The Morgan fingerprint density at radius 2 is 2.11 bits per heavy atom. The van der Waals surface area contributed by atoms with Crippen LogP contribution in [-0.4, -0.2) is 10.8 Å². The van der Waals surface area contributed by atoms with Gasteiger partial charge < -0.3 is 5.32 Å². The normalized spacial score (nSPS) is 10.4. The predicted octanol–water partition coefficient (Wildman–Crippen LogP) is 3.28. The molecule has 1 amide bonds. The number of nitrogens with one attached hydrogen (secondary N) is 1. The molecule has 1 aromatic carbocycles. The summed E-state index contributed by atoms with van der Waals surface area (Å²) in [6.07, 6.45) is 1.24. The van der Waals surface area contributed by atoms with Gasteiger partial charge in [-0.3, -0.25) is 14.9 Å². The Morgan fingerprint density at radius 1 is 1.44 bits per heavy atom. The van der Waals surface area contributed by atoms with Crippen LogP contribution in [0.3, 0.4) is 0 Å². The molecule has 0 saturated heterocycles. The highest BCUT2D eigenvalue weighted by Crippen LogP contribution is 2.25. The van der Waals surface area contributed by atoms with E-state index in [1.54, 1.807) is 19.1 Å². The SMILES string of the molecule is Cc1c(NC(=O)CCC(C)C)cccc1[N+](=O)[O-]. The van der Waals surface area contributed by atoms with Crippen LogP contribution < -0.4 is 5.32 Å². The predicted molar refractivity (Wildman–Crippen MR) is 70.5 cm³/mol. The van der Waals surface area contributed by atoms with Gasteiger partial charge >= 0.3 is 0 Å². The van der Waals surface area contributed by atoms with Crippen LogP contribution in [0, 0.1) is 23.0 Å². The number of carbonyl (C=O) groups excluding carboxylic acids is 1. The molecule has 98 valence electrons. The largest absolute Gasteiger partial charge is 0.326 e. The second kappa shape index (κ2) is 6.14. The maximum Gasteiger partial charge on any atom is 0.274 e. The Morgan fingerprint density at radius 3 is 2.67 bits per heavy atom. The van der Waals surface area contributed by atoms with E-state index in [9.17, 15) is 14.9 Å². The van der Waals surface area contributed by atoms with E-state index in [-0.39, 0.29) is 11.6 Å². The second-order valence-electron chi connectivity index (χ2n) is 4.69. The number of nitro benzene ring substituents is 1. The summed E-state index contributed by atoms with van der Waals surface area (Å²) >= 11 is 0. The highest BCUT2D eigenvalue weighted by molar-refractivity contribution is 5.92. The molecule has 0 unspecified atom stereocenters. The van der Waals surface area contributed by atoms with Gasteiger partial charge in [-0.25, -0.2) is 0 Å². The molecular weight excluding hydrogens is 232 g/mol. The van der Waals surface area contributed by atoms with Crippen molar-refractivity contribution >= 4 is 17.3 Å². The highest BCUT2D eigenvalue weighted by Gasteiger charge is 2.14. The summed E-state index contributed by atoms with van der Waals surface area (Å²) in [6.45, 7) is 5.73. The fourth-order valence-corrected chi connectivity index (χ4v) is 1.59. The third-order valence-electron chi connectivity index (χ3n) is 2.72. The van der Waals surface area contributed by atoms with Gasteiger partial charge in [-0.1, -0.05) is 19.9 Å². The van der Waals surface area contributed by atoms with E-state index in [2.05, 4.69) is 5.32 Å². The van der Waals surface area contributed by atoms with Gasteiger partial charge in [0.1, 0.15) is 0 Å². The van der Waals surface area contributed by atoms with Gasteiger partial charge in [-0.05, 0) is 25.3 Å². The van der Waals surface area contributed by atoms with Crippen molar-refractivity contribution in [2.45, 2.75) is 33.6 Å². The van der Waals surface area contributed by atoms with E-state index in [1.807, 2.05) is 13.8 Å². The molecule has 0 aliphatic heterocycles. The number of amides is 1. The molecule has 1 aromatic rings. The van der Waals surface area contributed by atoms with Crippen molar-refractivity contribution in [3.8, 4) is 0 Å². The lowest BCUT2D eigenvalue weighted by molar-refractivity contribution is -0.385. The lowest BCUT2D eigenvalue weighted by atomic mass is 10.1. The number of carbonyl (C=O) groups is 1. The molecule has 0 aromatic heterocycles. The quantitative estimate of drug-likeness (QED) is 0.643. The summed E-state index contributed by atoms with van der Waals surface area (Å²) < 4.78 is 0. The second-order valence-corrected chi connectivity index (χ2v) is 4.69. The summed E-state index contributed by atoms with van der Waals surface area (Å²) in [6, 6.07) is 4.68. The average molecular weight is 250 g/mol. The molecule has 1 N–H and O–H groups in total. The van der Waals surface area contributed by atoms with Crippen molar-refractivity contribution in [3.63, 3.8) is 0 Å². The Balaban J connectivity index is 2.76. The van der Waals surface area contributed by atoms with Crippen LogP contribution in [0.5, 0.6) is 0 Å². The topological polar surface area (TPSA) is 72.2 Å². The monoisotopic (exact) mass is 250 g/mol. The molecule has 0 atom stereocenters. The van der Waals surface area contributed by atoms with Gasteiger partial charge in [0.25, 0.3) is 5.69 Å². The van der Waals surface area contributed by atoms with Crippen LogP contribution in [0.4, 0.5) is 11.4 Å². The zero-order valence-electron chi connectivity index (χ0n) is 10.9. The van der Waals surface area contributed by atoms with Gasteiger partial charge in [-0.15, -0.1) is 0 Å². The number of anilines is 1. The molecule has 0 heterocycles. The van der Waals surface area contributed by atoms with Crippen molar-refractivity contribution < 1.29 is 9.72 Å². The molecular formula is C13H18N2O3. The first-order valence-corrected chi connectivity index (χ1v) is 5.95. The number of rotatable bonds is 5. The summed E-state index contributed by atoms with van der Waals surface area (Å²) in [5, 5.41) is 13.5. The first kappa shape index (κ1) is 14.2. The minimum absolute atomic E-state index is 0.0247. The van der Waals surface area contributed by atoms with Crippen molar-refractivity contribution in [3.05, 3.63) is 33.9 Å². The molecule has 0 saturated carbocycles. The van der Waals surface area contributed by atoms with Crippen LogP contribution in [0.2, 0.25) is 0 Å². The molecule has 0 aliphatic rings. The van der Waals surface area contributed by atoms with Crippen molar-refractivity contribution in [1.29, 1.82) is 0 Å². The fourth-order valence-electron chi connectivity index (χ4n) is 1.59. The highest BCUT2D eigenvalue weighted by atomic mass is 16.6. The van der Waals surface area contributed by atoms with Crippen molar-refractivity contribution in [1.82, 2.24) is 0 Å². The van der Waals surface area contributed by atoms with Crippen molar-refractivity contribution in [2.75, 3.05) is 5.32 Å². The zero-order chi connectivity index (χ0) is 13.7. The Bertz CT molecular complexity index is 456. The van der Waals surface area contributed by atoms with E-state index in [4.69, 9.17) is 0 Å². The van der Waals surface area contributed by atoms with Crippen LogP contribution in [0.25, 0.3) is 0 Å². The maximum atomic E-state index is 11.7. The van der Waals surface area contributed by atoms with Crippen LogP contribution >= 0.6 is 0 Å². The molecule has 5 nitrogen and oxygen atoms in total. The number of hydrogen-bond donors (Lipinski definition) is 1. The first-order valence-electron chi connectivity index (χ1n) is 5.95. The smallest absolute Gasteiger partial charge is 0.274 e. The molecule has 0 bridgehead atoms. The summed E-state index contributed by atoms with van der Waals surface area (Å²) in [5.74, 6) is 0.356. The molecule has 5 heteroatoms. The van der Waals surface area contributed by atoms with E-state index >= 15 is 0 Å². The lowest BCUT2D eigenvalue weighted by Gasteiger charge is -2.09. The summed E-state index contributed by atoms with van der Waals surface area (Å²) in [7, 11) is 0. The minimum Gasteiger partial charge on any atom is -0.326 e. The zero-order valence-corrected chi connectivity index (χ0v) is 10.9. The van der Waals surface area contributed by atoms with E-state index < -0.39 is 4.92 Å². The standard InChI is InChI=1S/C13H18N2O3/c1-9(2)7-8-13(16)14-11-5-4-6-12(10(11)3)15(17)18/h4-6,9H,7-8H2,1-3H3,(H,14,16). The van der Waals surface area contributed by atoms with E-state index in [0.717, 1.165) is 6.42 Å². The van der Waals surface area contributed by atoms with Gasteiger partial charge in [-0.2, -0.15) is 0 Å². The number of nitro groups is 1. The first-order chi connectivity index (χ1) is 8.41. The fraction of sp³-hybridized carbons (Fsp3) is 0.462. The van der Waals surface area contributed by atoms with Crippen LogP contribution in [-0.2, 0) is 4.79 Å². The molecule has 0 fully saturated rings. The van der Waals surface area contributed by atoms with Crippen molar-refractivity contribution in [2.24, 2.45) is 5.92 Å². The van der Waals surface area contributed by atoms with Gasteiger partial charge in [0, 0.05) is 12.5 Å². The van der Waals surface area contributed by atoms with E-state index in [1.165, 1.54) is 6.07 Å². The van der Waals surface area contributed by atoms with Crippen LogP contribution in [0.1, 0.15) is 32.3 Å². The number of nitrogens with zero attached hydrogens (tertiary/aromatic N) is 1. The average Bonchev–Trinajstić information content (AvgIpc) is 2.29. The third kappa shape index (κ3) is 3.84. The third-order valence-corrected chi connectivity index (χ3v) is 2.72. The Labute approximate surface area is 106 Å². The summed E-state index contributed by atoms with van der Waals surface area (Å²) in [5.41, 5.74) is 1.02. The van der Waals surface area contributed by atoms with Gasteiger partial charge in [0.15, 0.2) is 0 Å². The van der Waals surface area contributed by atoms with Crippen LogP contribution in [0.15, 0.2) is 18.2 Å². The molecule has 0 radical (unpaired) electrons.